The van der Waals surface area contributed by atoms with Gasteiger partial charge in [-0.3, -0.25) is 19.5 Å². The van der Waals surface area contributed by atoms with Crippen LogP contribution >= 0.6 is 34.4 Å². The van der Waals surface area contributed by atoms with E-state index in [9.17, 15) is 24.6 Å². The van der Waals surface area contributed by atoms with Crippen molar-refractivity contribution in [1.82, 2.24) is 9.88 Å². The number of thioether (sulfide) groups is 1. The van der Waals surface area contributed by atoms with Gasteiger partial charge in [-0.25, -0.2) is 9.79 Å². The summed E-state index contributed by atoms with van der Waals surface area (Å²) in [4.78, 5) is 49.1. The van der Waals surface area contributed by atoms with Crippen LogP contribution in [0.5, 0.6) is 0 Å². The third-order valence-corrected chi connectivity index (χ3v) is 8.32. The summed E-state index contributed by atoms with van der Waals surface area (Å²) in [6, 6.07) is 8.16. The Bertz CT molecular complexity index is 1270. The predicted octanol–water partition coefficient (Wildman–Crippen LogP) is 2.27. The smallest absolute Gasteiger partial charge is 0.352 e. The molecule has 176 valence electrons. The molecular weight excluding hydrogens is 571 g/mol. The van der Waals surface area contributed by atoms with Gasteiger partial charge < -0.3 is 15.1 Å². The number of aliphatic carboxylic acids is 1. The Balaban J connectivity index is 1.27. The molecule has 0 spiro atoms. The third-order valence-electron chi connectivity index (χ3n) is 6.39. The highest BCUT2D eigenvalue weighted by Gasteiger charge is 2.51. The Kier molecular flexibility index (Phi) is 6.34. The first kappa shape index (κ1) is 23.2. The van der Waals surface area contributed by atoms with Crippen LogP contribution in [0.2, 0.25) is 0 Å². The predicted molar refractivity (Wildman–Crippen MR) is 137 cm³/mol. The van der Waals surface area contributed by atoms with E-state index in [-0.39, 0.29) is 34.6 Å². The second-order valence-electron chi connectivity index (χ2n) is 8.34. The first-order chi connectivity index (χ1) is 16.4. The first-order valence-corrected chi connectivity index (χ1v) is 12.9. The Morgan fingerprint density at radius 1 is 1.24 bits per heavy atom. The normalized spacial score (nSPS) is 22.2. The molecule has 2 aromatic rings. The molecule has 9 nitrogen and oxygen atoms in total. The number of aromatic nitrogens is 1. The van der Waals surface area contributed by atoms with Gasteiger partial charge in [-0.15, -0.1) is 11.8 Å². The fraction of sp³-hybridized carbons (Fsp3) is 0.348. The van der Waals surface area contributed by atoms with Gasteiger partial charge >= 0.3 is 5.97 Å². The number of aliphatic hydroxyl groups excluding tert-OH is 1. The van der Waals surface area contributed by atoms with Crippen molar-refractivity contribution in [1.29, 1.82) is 0 Å². The maximum Gasteiger partial charge on any atom is 0.352 e. The van der Waals surface area contributed by atoms with E-state index >= 15 is 0 Å². The lowest BCUT2D eigenvalue weighted by Gasteiger charge is -2.44. The van der Waals surface area contributed by atoms with E-state index in [1.54, 1.807) is 6.20 Å². The molecule has 3 aliphatic rings. The molecule has 34 heavy (non-hydrogen) atoms. The second-order valence-corrected chi connectivity index (χ2v) is 10.7. The van der Waals surface area contributed by atoms with Crippen molar-refractivity contribution >= 4 is 74.4 Å². The Morgan fingerprint density at radius 3 is 2.71 bits per heavy atom. The van der Waals surface area contributed by atoms with E-state index < -0.39 is 23.9 Å². The van der Waals surface area contributed by atoms with Gasteiger partial charge in [0.15, 0.2) is 0 Å². The van der Waals surface area contributed by atoms with Crippen molar-refractivity contribution in [3.05, 3.63) is 45.3 Å². The third kappa shape index (κ3) is 3.99. The molecule has 1 aromatic heterocycles. The molecular formula is C23H21IN4O5S. The van der Waals surface area contributed by atoms with Crippen molar-refractivity contribution in [3.63, 3.8) is 0 Å². The van der Waals surface area contributed by atoms with Crippen LogP contribution in [0, 0.1) is 9.49 Å². The maximum absolute atomic E-state index is 12.9. The fourth-order valence-corrected chi connectivity index (χ4v) is 6.34. The van der Waals surface area contributed by atoms with Crippen molar-refractivity contribution in [2.24, 2.45) is 10.9 Å². The molecule has 4 heterocycles. The van der Waals surface area contributed by atoms with Crippen LogP contribution in [0.4, 0.5) is 5.69 Å². The molecule has 5 rings (SSSR count). The Labute approximate surface area is 213 Å². The summed E-state index contributed by atoms with van der Waals surface area (Å²) in [5, 5.41) is 19.4. The van der Waals surface area contributed by atoms with Gasteiger partial charge in [0.2, 0.25) is 5.91 Å². The van der Waals surface area contributed by atoms with Crippen LogP contribution in [0.3, 0.4) is 0 Å². The van der Waals surface area contributed by atoms with E-state index in [1.165, 1.54) is 11.8 Å². The monoisotopic (exact) mass is 592 g/mol. The molecule has 0 radical (unpaired) electrons. The Hall–Kier alpha value is -2.51. The van der Waals surface area contributed by atoms with Crippen LogP contribution in [0.25, 0.3) is 10.9 Å². The van der Waals surface area contributed by atoms with Gasteiger partial charge in [-0.1, -0.05) is 0 Å². The number of amides is 2. The average Bonchev–Trinajstić information content (AvgIpc) is 2.85. The van der Waals surface area contributed by atoms with Crippen LogP contribution < -0.4 is 4.90 Å². The number of nitrogens with zero attached hydrogens (tertiary/aromatic N) is 4. The van der Waals surface area contributed by atoms with Gasteiger partial charge in [-0.2, -0.15) is 0 Å². The lowest BCUT2D eigenvalue weighted by Crippen LogP contribution is -2.62. The lowest BCUT2D eigenvalue weighted by atomic mass is 9.95. The number of piperidine rings is 1. The highest BCUT2D eigenvalue weighted by molar-refractivity contribution is 14.1. The van der Waals surface area contributed by atoms with E-state index in [0.717, 1.165) is 25.1 Å². The second kappa shape index (κ2) is 9.27. The van der Waals surface area contributed by atoms with E-state index in [4.69, 9.17) is 0 Å². The van der Waals surface area contributed by atoms with Crippen molar-refractivity contribution in [2.45, 2.75) is 18.2 Å². The van der Waals surface area contributed by atoms with Gasteiger partial charge in [0.25, 0.3) is 5.91 Å². The van der Waals surface area contributed by atoms with E-state index in [0.29, 0.717) is 25.9 Å². The number of benzene rings is 1. The SMILES string of the molecule is O=C(O)C1=C(CO)CSC2C(=NC(=O)C3CCN(c4ccnc5cc(I)ccc45)CC3)C(=O)N12. The molecule has 3 aliphatic heterocycles. The number of carboxylic acids is 1. The molecule has 0 bridgehead atoms. The number of carbonyl (C=O) groups excluding carboxylic acids is 2. The summed E-state index contributed by atoms with van der Waals surface area (Å²) < 4.78 is 1.12. The van der Waals surface area contributed by atoms with Crippen molar-refractivity contribution in [3.8, 4) is 0 Å². The van der Waals surface area contributed by atoms with Crippen LogP contribution in [-0.2, 0) is 14.4 Å². The highest BCUT2D eigenvalue weighted by Crippen LogP contribution is 2.39. The zero-order valence-corrected chi connectivity index (χ0v) is 21.0. The minimum Gasteiger partial charge on any atom is -0.477 e. The maximum atomic E-state index is 12.9. The standard InChI is InChI=1S/C23H21IN4O5S/c24-14-1-2-15-16(9-14)25-6-3-17(15)27-7-4-12(5-8-27)20(30)26-18-21(31)28-19(23(32)33)13(10-29)11-34-22(18)28/h1-3,6,9,12,22,29H,4-5,7-8,10-11H2,(H,32,33). The first-order valence-electron chi connectivity index (χ1n) is 10.8. The number of halogens is 1. The Morgan fingerprint density at radius 2 is 2.00 bits per heavy atom. The number of β-lactam (4-membered cyclic amide) rings is 1. The number of rotatable bonds is 4. The zero-order valence-electron chi connectivity index (χ0n) is 18.0. The van der Waals surface area contributed by atoms with Crippen molar-refractivity contribution < 1.29 is 24.6 Å². The number of hydrogen-bond acceptors (Lipinski definition) is 7. The minimum atomic E-state index is -1.27. The zero-order chi connectivity index (χ0) is 24.0. The number of aliphatic hydroxyl groups is 1. The molecule has 0 saturated carbocycles. The number of anilines is 1. The molecule has 1 aromatic carbocycles. The summed E-state index contributed by atoms with van der Waals surface area (Å²) in [7, 11) is 0. The summed E-state index contributed by atoms with van der Waals surface area (Å²) in [6.45, 7) is 0.952. The van der Waals surface area contributed by atoms with Gasteiger partial charge in [0.1, 0.15) is 16.8 Å². The number of hydrogen-bond donors (Lipinski definition) is 2. The number of carboxylic acid groups (broad SMARTS) is 1. The van der Waals surface area contributed by atoms with Crippen LogP contribution in [0.1, 0.15) is 12.8 Å². The molecule has 0 aliphatic carbocycles. The lowest BCUT2D eigenvalue weighted by molar-refractivity contribution is -0.139. The van der Waals surface area contributed by atoms with Crippen LogP contribution in [0.15, 0.2) is 46.7 Å². The van der Waals surface area contributed by atoms with Gasteiger partial charge in [-0.05, 0) is 65.3 Å². The quantitative estimate of drug-likeness (QED) is 0.410. The molecule has 1 atom stereocenters. The molecule has 2 saturated heterocycles. The molecule has 1 unspecified atom stereocenters. The summed E-state index contributed by atoms with van der Waals surface area (Å²) >= 11 is 3.56. The number of aliphatic imine (C=N–C) groups is 1. The van der Waals surface area contributed by atoms with Gasteiger partial charge in [0, 0.05) is 45.6 Å². The highest BCUT2D eigenvalue weighted by atomic mass is 127. The van der Waals surface area contributed by atoms with E-state index in [2.05, 4.69) is 49.6 Å². The minimum absolute atomic E-state index is 0.0999. The van der Waals surface area contributed by atoms with Crippen molar-refractivity contribution in [2.75, 3.05) is 30.3 Å². The van der Waals surface area contributed by atoms with Gasteiger partial charge in [0.05, 0.1) is 12.1 Å². The molecule has 2 amide bonds. The largest absolute Gasteiger partial charge is 0.477 e. The topological polar surface area (TPSA) is 123 Å². The molecule has 2 N–H and O–H groups in total. The van der Waals surface area contributed by atoms with Crippen LogP contribution in [-0.4, -0.2) is 74.4 Å². The summed E-state index contributed by atoms with van der Waals surface area (Å²) in [5.41, 5.74) is 2.22. The average molecular weight is 592 g/mol. The molecule has 11 heteroatoms. The summed E-state index contributed by atoms with van der Waals surface area (Å²) in [5.74, 6) is -2.18. The fourth-order valence-electron chi connectivity index (χ4n) is 4.62. The summed E-state index contributed by atoms with van der Waals surface area (Å²) in [6.07, 6.45) is 3.04. The molecule has 2 fully saturated rings. The van der Waals surface area contributed by atoms with E-state index in [1.807, 2.05) is 12.1 Å². The number of fused-ring (bicyclic) bond motifs is 2. The number of pyridine rings is 1. The number of carbonyl (C=O) groups is 3.